The van der Waals surface area contributed by atoms with E-state index in [-0.39, 0.29) is 5.75 Å². The highest BCUT2D eigenvalue weighted by atomic mass is 79.9. The van der Waals surface area contributed by atoms with Crippen LogP contribution in [0.3, 0.4) is 0 Å². The Morgan fingerprint density at radius 1 is 1.33 bits per heavy atom. The van der Waals surface area contributed by atoms with Crippen molar-refractivity contribution < 1.29 is 8.42 Å². The third-order valence-corrected chi connectivity index (χ3v) is 5.85. The van der Waals surface area contributed by atoms with Gasteiger partial charge in [0.2, 0.25) is 0 Å². The quantitative estimate of drug-likeness (QED) is 0.796. The highest BCUT2D eigenvalue weighted by molar-refractivity contribution is 9.09. The van der Waals surface area contributed by atoms with Gasteiger partial charge < -0.3 is 4.90 Å². The van der Waals surface area contributed by atoms with Crippen molar-refractivity contribution in [1.29, 1.82) is 0 Å². The Bertz CT molecular complexity index is 498. The summed E-state index contributed by atoms with van der Waals surface area (Å²) in [6.45, 7) is 3.89. The third-order valence-electron chi connectivity index (χ3n) is 3.16. The second kappa shape index (κ2) is 5.61. The van der Waals surface area contributed by atoms with Gasteiger partial charge in [0.1, 0.15) is 0 Å². The van der Waals surface area contributed by atoms with Crippen LogP contribution in [0.4, 0.5) is 5.69 Å². The van der Waals surface area contributed by atoms with Crippen LogP contribution in [0.5, 0.6) is 0 Å². The molecule has 0 aromatic heterocycles. The van der Waals surface area contributed by atoms with Crippen molar-refractivity contribution >= 4 is 31.5 Å². The van der Waals surface area contributed by atoms with Crippen LogP contribution in [0.2, 0.25) is 0 Å². The molecule has 0 N–H and O–H groups in total. The van der Waals surface area contributed by atoms with Crippen LogP contribution >= 0.6 is 15.9 Å². The lowest BCUT2D eigenvalue weighted by Crippen LogP contribution is -2.19. The van der Waals surface area contributed by atoms with Gasteiger partial charge in [-0.1, -0.05) is 22.9 Å². The summed E-state index contributed by atoms with van der Waals surface area (Å²) in [4.78, 5) is 3.25. The number of hydrogen-bond donors (Lipinski definition) is 0. The average Bonchev–Trinajstić information content (AvgIpc) is 2.76. The summed E-state index contributed by atoms with van der Waals surface area (Å²) in [6, 6.07) is 7.27. The molecule has 1 heterocycles. The molecule has 1 atom stereocenters. The molecule has 0 radical (unpaired) electrons. The predicted molar refractivity (Wildman–Crippen MR) is 78.3 cm³/mol. The van der Waals surface area contributed by atoms with Crippen LogP contribution in [0.25, 0.3) is 0 Å². The molecule has 0 aliphatic carbocycles. The summed E-state index contributed by atoms with van der Waals surface area (Å²) >= 11 is 3.61. The molecule has 0 spiro atoms. The molecule has 0 saturated carbocycles. The summed E-state index contributed by atoms with van der Waals surface area (Å²) in [5.74, 6) is 0.222. The standard InChI is InChI=1S/C13H18BrNO2S/c1-2-9-18(16,17)13-5-3-12(4-6-13)15-8-7-11(14)10-15/h3-6,11H,2,7-10H2,1H3. The third kappa shape index (κ3) is 3.06. The van der Waals surface area contributed by atoms with Crippen LogP contribution in [-0.2, 0) is 9.84 Å². The second-order valence-corrected chi connectivity index (χ2v) is 8.05. The number of benzene rings is 1. The number of sulfone groups is 1. The molecule has 5 heteroatoms. The number of alkyl halides is 1. The van der Waals surface area contributed by atoms with E-state index in [1.165, 1.54) is 0 Å². The first-order valence-corrected chi connectivity index (χ1v) is 8.81. The largest absolute Gasteiger partial charge is 0.370 e. The topological polar surface area (TPSA) is 37.4 Å². The minimum absolute atomic E-state index is 0.222. The first-order chi connectivity index (χ1) is 8.53. The molecule has 0 amide bonds. The fourth-order valence-corrected chi connectivity index (χ4v) is 4.08. The van der Waals surface area contributed by atoms with Crippen LogP contribution in [0.1, 0.15) is 19.8 Å². The van der Waals surface area contributed by atoms with Crippen molar-refractivity contribution in [1.82, 2.24) is 0 Å². The van der Waals surface area contributed by atoms with Crippen LogP contribution < -0.4 is 4.90 Å². The molecule has 1 aliphatic heterocycles. The molecular formula is C13H18BrNO2S. The van der Waals surface area contributed by atoms with Gasteiger partial charge in [-0.25, -0.2) is 8.42 Å². The van der Waals surface area contributed by atoms with Crippen molar-refractivity contribution in [2.75, 3.05) is 23.7 Å². The zero-order valence-electron chi connectivity index (χ0n) is 10.5. The van der Waals surface area contributed by atoms with E-state index in [2.05, 4.69) is 20.8 Å². The number of nitrogens with zero attached hydrogens (tertiary/aromatic N) is 1. The van der Waals surface area contributed by atoms with Gasteiger partial charge >= 0.3 is 0 Å². The Morgan fingerprint density at radius 2 is 2.00 bits per heavy atom. The Kier molecular flexibility index (Phi) is 4.33. The van der Waals surface area contributed by atoms with E-state index in [0.29, 0.717) is 16.1 Å². The molecule has 1 aliphatic rings. The van der Waals surface area contributed by atoms with Gasteiger partial charge in [0.05, 0.1) is 10.6 Å². The molecule has 100 valence electrons. The maximum atomic E-state index is 11.9. The highest BCUT2D eigenvalue weighted by Crippen LogP contribution is 2.25. The lowest BCUT2D eigenvalue weighted by Gasteiger charge is -2.18. The fraction of sp³-hybridized carbons (Fsp3) is 0.538. The predicted octanol–water partition coefficient (Wildman–Crippen LogP) is 2.84. The van der Waals surface area contributed by atoms with E-state index >= 15 is 0 Å². The van der Waals surface area contributed by atoms with E-state index < -0.39 is 9.84 Å². The molecule has 0 bridgehead atoms. The minimum atomic E-state index is -3.09. The van der Waals surface area contributed by atoms with Gasteiger partial charge in [0.15, 0.2) is 9.84 Å². The summed E-state index contributed by atoms with van der Waals surface area (Å²) in [5, 5.41) is 0. The van der Waals surface area contributed by atoms with Crippen LogP contribution in [-0.4, -0.2) is 32.1 Å². The zero-order chi connectivity index (χ0) is 13.2. The van der Waals surface area contributed by atoms with E-state index in [1.54, 1.807) is 12.1 Å². The van der Waals surface area contributed by atoms with E-state index in [1.807, 2.05) is 19.1 Å². The lowest BCUT2D eigenvalue weighted by molar-refractivity contribution is 0.594. The Labute approximate surface area is 117 Å². The van der Waals surface area contributed by atoms with Gasteiger partial charge in [0.25, 0.3) is 0 Å². The van der Waals surface area contributed by atoms with Crippen LogP contribution in [0.15, 0.2) is 29.2 Å². The number of rotatable bonds is 4. The molecular weight excluding hydrogens is 314 g/mol. The van der Waals surface area contributed by atoms with E-state index in [0.717, 1.165) is 25.2 Å². The fourth-order valence-electron chi connectivity index (χ4n) is 2.20. The van der Waals surface area contributed by atoms with Gasteiger partial charge in [-0.05, 0) is 37.1 Å². The molecule has 1 fully saturated rings. The normalized spacial score (nSPS) is 20.3. The monoisotopic (exact) mass is 331 g/mol. The number of anilines is 1. The highest BCUT2D eigenvalue weighted by Gasteiger charge is 2.20. The minimum Gasteiger partial charge on any atom is -0.370 e. The number of hydrogen-bond acceptors (Lipinski definition) is 3. The molecule has 2 rings (SSSR count). The molecule has 3 nitrogen and oxygen atoms in total. The second-order valence-electron chi connectivity index (χ2n) is 4.64. The van der Waals surface area contributed by atoms with Crippen LogP contribution in [0, 0.1) is 0 Å². The van der Waals surface area contributed by atoms with E-state index in [4.69, 9.17) is 0 Å². The summed E-state index contributed by atoms with van der Waals surface area (Å²) in [7, 11) is -3.09. The molecule has 1 saturated heterocycles. The molecule has 18 heavy (non-hydrogen) atoms. The Hall–Kier alpha value is -0.550. The molecule has 1 unspecified atom stereocenters. The molecule has 1 aromatic carbocycles. The van der Waals surface area contributed by atoms with E-state index in [9.17, 15) is 8.42 Å². The smallest absolute Gasteiger partial charge is 0.178 e. The summed E-state index contributed by atoms with van der Waals surface area (Å²) in [6.07, 6.45) is 1.79. The maximum Gasteiger partial charge on any atom is 0.178 e. The average molecular weight is 332 g/mol. The maximum absolute atomic E-state index is 11.9. The van der Waals surface area contributed by atoms with Crippen molar-refractivity contribution in [3.05, 3.63) is 24.3 Å². The summed E-state index contributed by atoms with van der Waals surface area (Å²) < 4.78 is 23.8. The van der Waals surface area contributed by atoms with Crippen molar-refractivity contribution in [2.24, 2.45) is 0 Å². The van der Waals surface area contributed by atoms with Crippen molar-refractivity contribution in [3.63, 3.8) is 0 Å². The Balaban J connectivity index is 2.15. The lowest BCUT2D eigenvalue weighted by atomic mass is 10.3. The summed E-state index contributed by atoms with van der Waals surface area (Å²) in [5.41, 5.74) is 1.10. The van der Waals surface area contributed by atoms with Gasteiger partial charge in [-0.2, -0.15) is 0 Å². The molecule has 1 aromatic rings. The Morgan fingerprint density at radius 3 is 2.50 bits per heavy atom. The number of halogens is 1. The van der Waals surface area contributed by atoms with Gasteiger partial charge in [0, 0.05) is 23.6 Å². The zero-order valence-corrected chi connectivity index (χ0v) is 12.9. The van der Waals surface area contributed by atoms with Crippen molar-refractivity contribution in [2.45, 2.75) is 29.5 Å². The van der Waals surface area contributed by atoms with Gasteiger partial charge in [-0.15, -0.1) is 0 Å². The first-order valence-electron chi connectivity index (χ1n) is 6.25. The van der Waals surface area contributed by atoms with Gasteiger partial charge in [-0.3, -0.25) is 0 Å². The van der Waals surface area contributed by atoms with Crippen molar-refractivity contribution in [3.8, 4) is 0 Å². The first kappa shape index (κ1) is 13.9. The SMILES string of the molecule is CCCS(=O)(=O)c1ccc(N2CCC(Br)C2)cc1.